The summed E-state index contributed by atoms with van der Waals surface area (Å²) < 4.78 is 5.49. The summed E-state index contributed by atoms with van der Waals surface area (Å²) in [5, 5.41) is 0. The molecular formula is C14H20O2. The second kappa shape index (κ2) is 4.86. The number of esters is 1. The quantitative estimate of drug-likeness (QED) is 0.402. The minimum atomic E-state index is -0.0521. The van der Waals surface area contributed by atoms with Crippen LogP contribution in [0.5, 0.6) is 0 Å². The zero-order valence-corrected chi connectivity index (χ0v) is 10.2. The van der Waals surface area contributed by atoms with Crippen LogP contribution in [-0.2, 0) is 9.53 Å². The topological polar surface area (TPSA) is 26.3 Å². The molecule has 2 heteroatoms. The Hall–Kier alpha value is -1.05. The lowest BCUT2D eigenvalue weighted by Crippen LogP contribution is -2.09. The molecule has 0 saturated heterocycles. The van der Waals surface area contributed by atoms with Gasteiger partial charge >= 0.3 is 5.97 Å². The molecule has 16 heavy (non-hydrogen) atoms. The van der Waals surface area contributed by atoms with Crippen molar-refractivity contribution < 1.29 is 9.53 Å². The largest absolute Gasteiger partial charge is 0.430 e. The van der Waals surface area contributed by atoms with Crippen molar-refractivity contribution in [1.29, 1.82) is 0 Å². The van der Waals surface area contributed by atoms with Crippen molar-refractivity contribution >= 4 is 5.97 Å². The molecule has 0 aliphatic heterocycles. The molecule has 2 aliphatic carbocycles. The van der Waals surface area contributed by atoms with Gasteiger partial charge in [0.25, 0.3) is 0 Å². The number of hydrogen-bond donors (Lipinski definition) is 0. The molecular weight excluding hydrogens is 200 g/mol. The van der Waals surface area contributed by atoms with Crippen LogP contribution in [-0.4, -0.2) is 5.97 Å². The molecule has 2 bridgehead atoms. The van der Waals surface area contributed by atoms with Gasteiger partial charge in [0.15, 0.2) is 0 Å². The van der Waals surface area contributed by atoms with Gasteiger partial charge in [-0.1, -0.05) is 31.9 Å². The Morgan fingerprint density at radius 3 is 2.75 bits per heavy atom. The zero-order chi connectivity index (χ0) is 11.5. The van der Waals surface area contributed by atoms with Crippen molar-refractivity contribution in [3.05, 3.63) is 23.5 Å². The third kappa shape index (κ3) is 2.21. The monoisotopic (exact) mass is 220 g/mol. The molecule has 0 heterocycles. The average molecular weight is 220 g/mol. The van der Waals surface area contributed by atoms with Gasteiger partial charge in [0.1, 0.15) is 5.76 Å². The zero-order valence-electron chi connectivity index (χ0n) is 10.2. The molecule has 2 atom stereocenters. The molecule has 0 fully saturated rings. The minimum absolute atomic E-state index is 0.0521. The average Bonchev–Trinajstić information content (AvgIpc) is 2.83. The predicted molar refractivity (Wildman–Crippen MR) is 63.7 cm³/mol. The second-order valence-corrected chi connectivity index (χ2v) is 4.81. The number of rotatable bonds is 5. The number of fused-ring (bicyclic) bond motifs is 2. The van der Waals surface area contributed by atoms with Crippen molar-refractivity contribution in [2.75, 3.05) is 0 Å². The lowest BCUT2D eigenvalue weighted by atomic mass is 10.0. The molecule has 2 aliphatic rings. The first kappa shape index (κ1) is 11.4. The van der Waals surface area contributed by atoms with Gasteiger partial charge in [-0.25, -0.2) is 0 Å². The van der Waals surface area contributed by atoms with E-state index in [0.29, 0.717) is 18.3 Å². The SMILES string of the molecule is CCCCCC(=O)OC1=C(C)C2C=CC1C2. The maximum atomic E-state index is 11.6. The first-order valence-electron chi connectivity index (χ1n) is 6.32. The van der Waals surface area contributed by atoms with E-state index in [2.05, 4.69) is 26.0 Å². The van der Waals surface area contributed by atoms with Crippen LogP contribution in [0.2, 0.25) is 0 Å². The Balaban J connectivity index is 1.84. The van der Waals surface area contributed by atoms with Gasteiger partial charge in [-0.15, -0.1) is 0 Å². The van der Waals surface area contributed by atoms with E-state index in [-0.39, 0.29) is 5.97 Å². The predicted octanol–water partition coefficient (Wildman–Crippen LogP) is 3.59. The van der Waals surface area contributed by atoms with E-state index in [1.807, 2.05) is 0 Å². The summed E-state index contributed by atoms with van der Waals surface area (Å²) in [6, 6.07) is 0. The molecule has 0 saturated carbocycles. The molecule has 0 spiro atoms. The Labute approximate surface area is 97.4 Å². The van der Waals surface area contributed by atoms with Crippen LogP contribution in [0.15, 0.2) is 23.5 Å². The van der Waals surface area contributed by atoms with Crippen LogP contribution in [0.25, 0.3) is 0 Å². The number of hydrogen-bond acceptors (Lipinski definition) is 2. The van der Waals surface area contributed by atoms with Gasteiger partial charge in [-0.3, -0.25) is 4.79 Å². The van der Waals surface area contributed by atoms with Gasteiger partial charge in [-0.2, -0.15) is 0 Å². The molecule has 0 amide bonds. The summed E-state index contributed by atoms with van der Waals surface area (Å²) in [7, 11) is 0. The third-order valence-corrected chi connectivity index (χ3v) is 3.57. The van der Waals surface area contributed by atoms with Crippen LogP contribution in [0, 0.1) is 11.8 Å². The van der Waals surface area contributed by atoms with E-state index >= 15 is 0 Å². The van der Waals surface area contributed by atoms with Crippen molar-refractivity contribution in [2.24, 2.45) is 11.8 Å². The highest BCUT2D eigenvalue weighted by Crippen LogP contribution is 2.43. The Kier molecular flexibility index (Phi) is 3.47. The number of unbranched alkanes of at least 4 members (excludes halogenated alkanes) is 2. The summed E-state index contributed by atoms with van der Waals surface area (Å²) in [5.74, 6) is 1.79. The Morgan fingerprint density at radius 1 is 1.38 bits per heavy atom. The van der Waals surface area contributed by atoms with Gasteiger partial charge in [0.2, 0.25) is 0 Å². The molecule has 0 aromatic carbocycles. The molecule has 0 aromatic rings. The van der Waals surface area contributed by atoms with Crippen molar-refractivity contribution in [3.8, 4) is 0 Å². The maximum absolute atomic E-state index is 11.6. The first-order valence-corrected chi connectivity index (χ1v) is 6.32. The highest BCUT2D eigenvalue weighted by molar-refractivity contribution is 5.71. The summed E-state index contributed by atoms with van der Waals surface area (Å²) in [5.41, 5.74) is 1.26. The smallest absolute Gasteiger partial charge is 0.310 e. The van der Waals surface area contributed by atoms with Gasteiger partial charge < -0.3 is 4.74 Å². The van der Waals surface area contributed by atoms with E-state index in [9.17, 15) is 4.79 Å². The van der Waals surface area contributed by atoms with Gasteiger partial charge in [0.05, 0.1) is 0 Å². The van der Waals surface area contributed by atoms with E-state index in [1.54, 1.807) is 0 Å². The summed E-state index contributed by atoms with van der Waals surface area (Å²) >= 11 is 0. The van der Waals surface area contributed by atoms with E-state index in [1.165, 1.54) is 5.57 Å². The molecule has 0 N–H and O–H groups in total. The first-order chi connectivity index (χ1) is 7.72. The summed E-state index contributed by atoms with van der Waals surface area (Å²) in [6.45, 7) is 4.22. The van der Waals surface area contributed by atoms with Crippen LogP contribution in [0.4, 0.5) is 0 Å². The number of allylic oxidation sites excluding steroid dienone is 3. The second-order valence-electron chi connectivity index (χ2n) is 4.81. The highest BCUT2D eigenvalue weighted by Gasteiger charge is 2.35. The maximum Gasteiger partial charge on any atom is 0.310 e. The molecule has 2 unspecified atom stereocenters. The standard InChI is InChI=1S/C14H20O2/c1-3-4-5-6-13(15)16-14-10(2)11-7-8-12(14)9-11/h7-8,11-12H,3-6,9H2,1-2H3. The third-order valence-electron chi connectivity index (χ3n) is 3.57. The molecule has 88 valence electrons. The van der Waals surface area contributed by atoms with Crippen molar-refractivity contribution in [3.63, 3.8) is 0 Å². The molecule has 2 nitrogen and oxygen atoms in total. The summed E-state index contributed by atoms with van der Waals surface area (Å²) in [4.78, 5) is 11.6. The van der Waals surface area contributed by atoms with Gasteiger partial charge in [0, 0.05) is 18.3 Å². The van der Waals surface area contributed by atoms with Crippen molar-refractivity contribution in [2.45, 2.75) is 46.0 Å². The normalized spacial score (nSPS) is 26.6. The minimum Gasteiger partial charge on any atom is -0.430 e. The highest BCUT2D eigenvalue weighted by atomic mass is 16.5. The van der Waals surface area contributed by atoms with Crippen molar-refractivity contribution in [1.82, 2.24) is 0 Å². The van der Waals surface area contributed by atoms with Crippen LogP contribution in [0.3, 0.4) is 0 Å². The lowest BCUT2D eigenvalue weighted by molar-refractivity contribution is -0.140. The lowest BCUT2D eigenvalue weighted by Gasteiger charge is -2.13. The van der Waals surface area contributed by atoms with Crippen LogP contribution >= 0.6 is 0 Å². The molecule has 2 rings (SSSR count). The fourth-order valence-electron chi connectivity index (χ4n) is 2.54. The van der Waals surface area contributed by atoms with Gasteiger partial charge in [-0.05, 0) is 25.3 Å². The molecule has 0 aromatic heterocycles. The Bertz CT molecular complexity index is 339. The van der Waals surface area contributed by atoms with E-state index < -0.39 is 0 Å². The van der Waals surface area contributed by atoms with Crippen LogP contribution < -0.4 is 0 Å². The number of ether oxygens (including phenoxy) is 1. The summed E-state index contributed by atoms with van der Waals surface area (Å²) in [6.07, 6.45) is 9.28. The fraction of sp³-hybridized carbons (Fsp3) is 0.643. The van der Waals surface area contributed by atoms with Crippen LogP contribution in [0.1, 0.15) is 46.0 Å². The fourth-order valence-corrected chi connectivity index (χ4v) is 2.54. The number of carbonyl (C=O) groups is 1. The van der Waals surface area contributed by atoms with E-state index in [0.717, 1.165) is 31.4 Å². The Morgan fingerprint density at radius 2 is 2.12 bits per heavy atom. The number of carbonyl (C=O) groups excluding carboxylic acids is 1. The molecule has 0 radical (unpaired) electrons. The van der Waals surface area contributed by atoms with E-state index in [4.69, 9.17) is 4.74 Å².